The standard InChI is InChI=1S/C18H20ClNO2S/c1-13(11-22-2)20-18(21)15-5-3-14(4-6-15)12-23-17-9-7-16(19)8-10-17/h3-10,13H,11-12H2,1-2H3,(H,20,21)/t13-/m1/s1. The van der Waals surface area contributed by atoms with Crippen LogP contribution >= 0.6 is 23.4 Å². The van der Waals surface area contributed by atoms with E-state index in [-0.39, 0.29) is 11.9 Å². The predicted molar refractivity (Wildman–Crippen MR) is 96.3 cm³/mol. The number of thioether (sulfide) groups is 1. The normalized spacial score (nSPS) is 12.0. The Morgan fingerprint density at radius 1 is 1.17 bits per heavy atom. The van der Waals surface area contributed by atoms with Gasteiger partial charge in [0.25, 0.3) is 5.91 Å². The summed E-state index contributed by atoms with van der Waals surface area (Å²) >= 11 is 7.61. The van der Waals surface area contributed by atoms with Gasteiger partial charge in [0.2, 0.25) is 0 Å². The van der Waals surface area contributed by atoms with Crippen LogP contribution in [0.3, 0.4) is 0 Å². The van der Waals surface area contributed by atoms with E-state index in [4.69, 9.17) is 16.3 Å². The van der Waals surface area contributed by atoms with E-state index in [1.807, 2.05) is 55.5 Å². The molecule has 5 heteroatoms. The topological polar surface area (TPSA) is 38.3 Å². The molecule has 122 valence electrons. The number of nitrogens with one attached hydrogen (secondary N) is 1. The van der Waals surface area contributed by atoms with Gasteiger partial charge in [0, 0.05) is 34.4 Å². The average molecular weight is 350 g/mol. The van der Waals surface area contributed by atoms with Gasteiger partial charge in [-0.3, -0.25) is 4.79 Å². The molecule has 0 aliphatic carbocycles. The van der Waals surface area contributed by atoms with Gasteiger partial charge in [0.05, 0.1) is 6.61 Å². The highest BCUT2D eigenvalue weighted by Crippen LogP contribution is 2.24. The van der Waals surface area contributed by atoms with E-state index in [1.54, 1.807) is 18.9 Å². The molecule has 3 nitrogen and oxygen atoms in total. The lowest BCUT2D eigenvalue weighted by Gasteiger charge is -2.12. The van der Waals surface area contributed by atoms with Crippen molar-refractivity contribution < 1.29 is 9.53 Å². The van der Waals surface area contributed by atoms with E-state index in [1.165, 1.54) is 10.5 Å². The summed E-state index contributed by atoms with van der Waals surface area (Å²) in [6, 6.07) is 15.5. The molecule has 0 aliphatic rings. The van der Waals surface area contributed by atoms with Crippen molar-refractivity contribution in [3.8, 4) is 0 Å². The molecule has 0 heterocycles. The molecular formula is C18H20ClNO2S. The Kier molecular flexibility index (Phi) is 6.96. The van der Waals surface area contributed by atoms with Crippen LogP contribution in [0.4, 0.5) is 0 Å². The molecule has 23 heavy (non-hydrogen) atoms. The third-order valence-electron chi connectivity index (χ3n) is 3.23. The second-order valence-corrected chi connectivity index (χ2v) is 6.75. The Morgan fingerprint density at radius 3 is 2.43 bits per heavy atom. The number of carbonyl (C=O) groups is 1. The average Bonchev–Trinajstić information content (AvgIpc) is 2.55. The maximum Gasteiger partial charge on any atom is 0.251 e. The maximum atomic E-state index is 12.1. The van der Waals surface area contributed by atoms with Crippen LogP contribution in [0.5, 0.6) is 0 Å². The molecular weight excluding hydrogens is 330 g/mol. The largest absolute Gasteiger partial charge is 0.383 e. The van der Waals surface area contributed by atoms with Crippen molar-refractivity contribution in [2.24, 2.45) is 0 Å². The Hall–Kier alpha value is -1.49. The summed E-state index contributed by atoms with van der Waals surface area (Å²) in [5.74, 6) is 0.773. The van der Waals surface area contributed by atoms with Crippen molar-refractivity contribution >= 4 is 29.3 Å². The van der Waals surface area contributed by atoms with Gasteiger partial charge in [0.15, 0.2) is 0 Å². The SMILES string of the molecule is COC[C@@H](C)NC(=O)c1ccc(CSc2ccc(Cl)cc2)cc1. The number of halogens is 1. The van der Waals surface area contributed by atoms with Gasteiger partial charge in [-0.1, -0.05) is 23.7 Å². The monoisotopic (exact) mass is 349 g/mol. The lowest BCUT2D eigenvalue weighted by molar-refractivity contribution is 0.0905. The molecule has 0 radical (unpaired) electrons. The molecule has 0 fully saturated rings. The zero-order valence-electron chi connectivity index (χ0n) is 13.2. The fourth-order valence-electron chi connectivity index (χ4n) is 2.05. The van der Waals surface area contributed by atoms with E-state index < -0.39 is 0 Å². The van der Waals surface area contributed by atoms with Crippen LogP contribution < -0.4 is 5.32 Å². The first-order valence-electron chi connectivity index (χ1n) is 7.35. The molecule has 1 atom stereocenters. The fourth-order valence-corrected chi connectivity index (χ4v) is 3.03. The number of ether oxygens (including phenoxy) is 1. The van der Waals surface area contributed by atoms with Gasteiger partial charge in [-0.05, 0) is 48.9 Å². The Bertz CT molecular complexity index is 628. The van der Waals surface area contributed by atoms with Crippen LogP contribution in [-0.2, 0) is 10.5 Å². The van der Waals surface area contributed by atoms with Crippen LogP contribution in [0, 0.1) is 0 Å². The molecule has 2 rings (SSSR count). The van der Waals surface area contributed by atoms with Crippen LogP contribution in [0.1, 0.15) is 22.8 Å². The lowest BCUT2D eigenvalue weighted by Crippen LogP contribution is -2.35. The highest BCUT2D eigenvalue weighted by Gasteiger charge is 2.09. The summed E-state index contributed by atoms with van der Waals surface area (Å²) in [5.41, 5.74) is 1.83. The summed E-state index contributed by atoms with van der Waals surface area (Å²) in [4.78, 5) is 13.2. The third-order valence-corrected chi connectivity index (χ3v) is 4.56. The first-order valence-corrected chi connectivity index (χ1v) is 8.72. The molecule has 1 N–H and O–H groups in total. The van der Waals surface area contributed by atoms with Crippen molar-refractivity contribution in [2.75, 3.05) is 13.7 Å². The van der Waals surface area contributed by atoms with E-state index in [9.17, 15) is 4.79 Å². The van der Waals surface area contributed by atoms with E-state index in [0.29, 0.717) is 12.2 Å². The minimum Gasteiger partial charge on any atom is -0.383 e. The molecule has 0 bridgehead atoms. The summed E-state index contributed by atoms with van der Waals surface area (Å²) in [5, 5.41) is 3.64. The second kappa shape index (κ2) is 8.96. The van der Waals surface area contributed by atoms with Crippen molar-refractivity contribution in [3.05, 3.63) is 64.7 Å². The van der Waals surface area contributed by atoms with Crippen molar-refractivity contribution in [1.29, 1.82) is 0 Å². The van der Waals surface area contributed by atoms with Gasteiger partial charge in [-0.15, -0.1) is 11.8 Å². The summed E-state index contributed by atoms with van der Waals surface area (Å²) in [6.45, 7) is 2.42. The molecule has 0 saturated carbocycles. The summed E-state index contributed by atoms with van der Waals surface area (Å²) in [6.07, 6.45) is 0. The number of benzene rings is 2. The van der Waals surface area contributed by atoms with Gasteiger partial charge in [-0.25, -0.2) is 0 Å². The first kappa shape index (κ1) is 17.9. The molecule has 2 aromatic carbocycles. The molecule has 1 amide bonds. The second-order valence-electron chi connectivity index (χ2n) is 5.27. The molecule has 2 aromatic rings. The fraction of sp³-hybridized carbons (Fsp3) is 0.278. The maximum absolute atomic E-state index is 12.1. The minimum absolute atomic E-state index is 0.00682. The summed E-state index contributed by atoms with van der Waals surface area (Å²) in [7, 11) is 1.62. The zero-order chi connectivity index (χ0) is 16.7. The van der Waals surface area contributed by atoms with Crippen LogP contribution in [0.2, 0.25) is 5.02 Å². The predicted octanol–water partition coefficient (Wildman–Crippen LogP) is 4.40. The minimum atomic E-state index is -0.0774. The van der Waals surface area contributed by atoms with Gasteiger partial charge < -0.3 is 10.1 Å². The Morgan fingerprint density at radius 2 is 1.83 bits per heavy atom. The smallest absolute Gasteiger partial charge is 0.251 e. The first-order chi connectivity index (χ1) is 11.1. The summed E-state index contributed by atoms with van der Waals surface area (Å²) < 4.78 is 5.02. The molecule has 0 aliphatic heterocycles. The highest BCUT2D eigenvalue weighted by atomic mass is 35.5. The van der Waals surface area contributed by atoms with Gasteiger partial charge >= 0.3 is 0 Å². The molecule has 0 unspecified atom stereocenters. The number of methoxy groups -OCH3 is 1. The third kappa shape index (κ3) is 5.90. The molecule has 0 aromatic heterocycles. The quantitative estimate of drug-likeness (QED) is 0.753. The van der Waals surface area contributed by atoms with Crippen LogP contribution in [-0.4, -0.2) is 25.7 Å². The number of hydrogen-bond donors (Lipinski definition) is 1. The van der Waals surface area contributed by atoms with Crippen molar-refractivity contribution in [1.82, 2.24) is 5.32 Å². The lowest BCUT2D eigenvalue weighted by atomic mass is 10.1. The van der Waals surface area contributed by atoms with Gasteiger partial charge in [-0.2, -0.15) is 0 Å². The molecule has 0 saturated heterocycles. The number of rotatable bonds is 7. The number of amides is 1. The highest BCUT2D eigenvalue weighted by molar-refractivity contribution is 7.98. The molecule has 0 spiro atoms. The van der Waals surface area contributed by atoms with Crippen LogP contribution in [0.15, 0.2) is 53.4 Å². The van der Waals surface area contributed by atoms with Gasteiger partial charge in [0.1, 0.15) is 0 Å². The van der Waals surface area contributed by atoms with E-state index >= 15 is 0 Å². The van der Waals surface area contributed by atoms with Crippen LogP contribution in [0.25, 0.3) is 0 Å². The number of hydrogen-bond acceptors (Lipinski definition) is 3. The van der Waals surface area contributed by atoms with Crippen molar-refractivity contribution in [2.45, 2.75) is 23.6 Å². The van der Waals surface area contributed by atoms with Crippen molar-refractivity contribution in [3.63, 3.8) is 0 Å². The van der Waals surface area contributed by atoms with E-state index in [0.717, 1.165) is 10.8 Å². The zero-order valence-corrected chi connectivity index (χ0v) is 14.8. The Labute approximate surface area is 146 Å². The van der Waals surface area contributed by atoms with E-state index in [2.05, 4.69) is 5.32 Å². The Balaban J connectivity index is 1.88. The number of carbonyl (C=O) groups excluding carboxylic acids is 1.